The zero-order valence-corrected chi connectivity index (χ0v) is 10.4. The second-order valence-electron chi connectivity index (χ2n) is 3.55. The molecule has 0 spiro atoms. The van der Waals surface area contributed by atoms with Crippen LogP contribution >= 0.6 is 11.8 Å². The predicted octanol–water partition coefficient (Wildman–Crippen LogP) is 2.91. The molecule has 4 heteroatoms. The molecule has 0 heterocycles. The monoisotopic (exact) mass is 239 g/mol. The molecule has 16 heavy (non-hydrogen) atoms. The van der Waals surface area contributed by atoms with Crippen molar-refractivity contribution in [1.82, 2.24) is 5.32 Å². The van der Waals surface area contributed by atoms with Crippen LogP contribution in [-0.2, 0) is 4.74 Å². The van der Waals surface area contributed by atoms with Gasteiger partial charge in [-0.1, -0.05) is 18.2 Å². The highest BCUT2D eigenvalue weighted by Gasteiger charge is 2.02. The van der Waals surface area contributed by atoms with Crippen LogP contribution in [0.15, 0.2) is 35.2 Å². The van der Waals surface area contributed by atoms with Crippen LogP contribution in [0.2, 0.25) is 0 Å². The number of rotatable bonds is 5. The molecule has 0 aromatic heterocycles. The van der Waals surface area contributed by atoms with Crippen LogP contribution in [0.1, 0.15) is 13.8 Å². The third kappa shape index (κ3) is 5.78. The van der Waals surface area contributed by atoms with Crippen molar-refractivity contribution in [3.05, 3.63) is 30.3 Å². The van der Waals surface area contributed by atoms with E-state index < -0.39 is 0 Å². The summed E-state index contributed by atoms with van der Waals surface area (Å²) >= 11 is 1.20. The summed E-state index contributed by atoms with van der Waals surface area (Å²) in [5.41, 5.74) is 0. The Hall–Kier alpha value is -1.00. The Kier molecular flexibility index (Phi) is 5.96. The molecule has 1 rings (SSSR count). The summed E-state index contributed by atoms with van der Waals surface area (Å²) < 4.78 is 5.32. The lowest BCUT2D eigenvalue weighted by atomic mass is 10.4. The fourth-order valence-electron chi connectivity index (χ4n) is 1.08. The normalized spacial score (nSPS) is 10.4. The summed E-state index contributed by atoms with van der Waals surface area (Å²) in [5, 5.41) is 2.74. The van der Waals surface area contributed by atoms with Gasteiger partial charge in [0.25, 0.3) is 5.24 Å². The van der Waals surface area contributed by atoms with E-state index in [1.807, 2.05) is 44.2 Å². The third-order valence-corrected chi connectivity index (χ3v) is 2.61. The summed E-state index contributed by atoms with van der Waals surface area (Å²) in [4.78, 5) is 12.4. The molecule has 0 aliphatic rings. The summed E-state index contributed by atoms with van der Waals surface area (Å²) in [6.07, 6.45) is 0.207. The van der Waals surface area contributed by atoms with Crippen molar-refractivity contribution in [1.29, 1.82) is 0 Å². The topological polar surface area (TPSA) is 38.3 Å². The van der Waals surface area contributed by atoms with E-state index >= 15 is 0 Å². The lowest BCUT2D eigenvalue weighted by Crippen LogP contribution is -2.24. The number of hydrogen-bond donors (Lipinski definition) is 1. The Morgan fingerprint density at radius 3 is 2.69 bits per heavy atom. The van der Waals surface area contributed by atoms with Crippen molar-refractivity contribution >= 4 is 17.0 Å². The van der Waals surface area contributed by atoms with Crippen LogP contribution in [-0.4, -0.2) is 24.5 Å². The molecule has 0 radical (unpaired) electrons. The molecular formula is C12H17NO2S. The molecule has 0 atom stereocenters. The van der Waals surface area contributed by atoms with E-state index in [1.165, 1.54) is 11.8 Å². The van der Waals surface area contributed by atoms with Gasteiger partial charge in [-0.25, -0.2) is 0 Å². The third-order valence-electron chi connectivity index (χ3n) is 1.78. The van der Waals surface area contributed by atoms with Crippen molar-refractivity contribution in [2.24, 2.45) is 0 Å². The van der Waals surface area contributed by atoms with E-state index in [9.17, 15) is 4.79 Å². The van der Waals surface area contributed by atoms with Gasteiger partial charge >= 0.3 is 0 Å². The van der Waals surface area contributed by atoms with Gasteiger partial charge in [-0.2, -0.15) is 0 Å². The number of hydrogen-bond acceptors (Lipinski definition) is 3. The van der Waals surface area contributed by atoms with Crippen molar-refractivity contribution in [3.8, 4) is 0 Å². The smallest absolute Gasteiger partial charge is 0.283 e. The van der Waals surface area contributed by atoms with Gasteiger partial charge in [0.2, 0.25) is 0 Å². The number of carbonyl (C=O) groups is 1. The standard InChI is InChI=1S/C12H17NO2S/c1-10(2)15-9-8-13-12(14)16-11-6-4-3-5-7-11/h3-7,10H,8-9H2,1-2H3,(H,13,14). The average Bonchev–Trinajstić information content (AvgIpc) is 2.25. The molecule has 0 aliphatic heterocycles. The van der Waals surface area contributed by atoms with Gasteiger partial charge in [0.1, 0.15) is 0 Å². The maximum atomic E-state index is 11.5. The maximum absolute atomic E-state index is 11.5. The number of thioether (sulfide) groups is 1. The average molecular weight is 239 g/mol. The van der Waals surface area contributed by atoms with Crippen molar-refractivity contribution in [2.45, 2.75) is 24.8 Å². The first-order valence-corrected chi connectivity index (χ1v) is 6.12. The van der Waals surface area contributed by atoms with Gasteiger partial charge in [0.05, 0.1) is 12.7 Å². The van der Waals surface area contributed by atoms with E-state index in [-0.39, 0.29) is 11.3 Å². The minimum atomic E-state index is -0.0430. The molecule has 0 saturated heterocycles. The zero-order valence-electron chi connectivity index (χ0n) is 9.60. The van der Waals surface area contributed by atoms with Gasteiger partial charge < -0.3 is 10.1 Å². The Morgan fingerprint density at radius 1 is 1.38 bits per heavy atom. The minimum absolute atomic E-state index is 0.0430. The number of nitrogens with one attached hydrogen (secondary N) is 1. The fourth-order valence-corrected chi connectivity index (χ4v) is 1.76. The number of amides is 1. The lowest BCUT2D eigenvalue weighted by Gasteiger charge is -2.08. The predicted molar refractivity (Wildman–Crippen MR) is 66.8 cm³/mol. The molecular weight excluding hydrogens is 222 g/mol. The molecule has 0 aliphatic carbocycles. The van der Waals surface area contributed by atoms with Crippen LogP contribution in [0.5, 0.6) is 0 Å². The van der Waals surface area contributed by atoms with Gasteiger partial charge in [-0.3, -0.25) is 4.79 Å². The van der Waals surface area contributed by atoms with Gasteiger partial charge in [-0.15, -0.1) is 0 Å². The summed E-state index contributed by atoms with van der Waals surface area (Å²) in [5.74, 6) is 0. The Bertz CT molecular complexity index is 314. The molecule has 0 fully saturated rings. The quantitative estimate of drug-likeness (QED) is 0.634. The molecule has 1 N–H and O–H groups in total. The first-order chi connectivity index (χ1) is 7.68. The molecule has 88 valence electrons. The molecule has 1 aromatic rings. The first kappa shape index (κ1) is 13.1. The van der Waals surface area contributed by atoms with Crippen molar-refractivity contribution < 1.29 is 9.53 Å². The fraction of sp³-hybridized carbons (Fsp3) is 0.417. The highest BCUT2D eigenvalue weighted by Crippen LogP contribution is 2.16. The highest BCUT2D eigenvalue weighted by molar-refractivity contribution is 8.13. The Labute approximate surface area is 101 Å². The highest BCUT2D eigenvalue weighted by atomic mass is 32.2. The SMILES string of the molecule is CC(C)OCCNC(=O)Sc1ccccc1. The maximum Gasteiger partial charge on any atom is 0.283 e. The van der Waals surface area contributed by atoms with Gasteiger partial charge in [0, 0.05) is 11.4 Å². The van der Waals surface area contributed by atoms with Gasteiger partial charge in [0.15, 0.2) is 0 Å². The number of carbonyl (C=O) groups excluding carboxylic acids is 1. The Morgan fingerprint density at radius 2 is 2.06 bits per heavy atom. The van der Waals surface area contributed by atoms with Gasteiger partial charge in [-0.05, 0) is 37.7 Å². The van der Waals surface area contributed by atoms with Crippen LogP contribution in [0, 0.1) is 0 Å². The molecule has 0 unspecified atom stereocenters. The van der Waals surface area contributed by atoms with Crippen LogP contribution in [0.4, 0.5) is 4.79 Å². The number of ether oxygens (including phenoxy) is 1. The lowest BCUT2D eigenvalue weighted by molar-refractivity contribution is 0.0823. The van der Waals surface area contributed by atoms with E-state index in [0.29, 0.717) is 13.2 Å². The van der Waals surface area contributed by atoms with Crippen molar-refractivity contribution in [2.75, 3.05) is 13.2 Å². The number of benzene rings is 1. The largest absolute Gasteiger partial charge is 0.377 e. The summed E-state index contributed by atoms with van der Waals surface area (Å²) in [6.45, 7) is 5.05. The minimum Gasteiger partial charge on any atom is -0.377 e. The van der Waals surface area contributed by atoms with Crippen molar-refractivity contribution in [3.63, 3.8) is 0 Å². The van der Waals surface area contributed by atoms with E-state index in [2.05, 4.69) is 5.32 Å². The van der Waals surface area contributed by atoms with Crippen LogP contribution in [0.25, 0.3) is 0 Å². The van der Waals surface area contributed by atoms with E-state index in [1.54, 1.807) is 0 Å². The molecule has 0 bridgehead atoms. The molecule has 1 aromatic carbocycles. The molecule has 1 amide bonds. The van der Waals surface area contributed by atoms with Crippen LogP contribution < -0.4 is 5.32 Å². The second-order valence-corrected chi connectivity index (χ2v) is 4.60. The van der Waals surface area contributed by atoms with Crippen LogP contribution in [0.3, 0.4) is 0 Å². The Balaban J connectivity index is 2.17. The van der Waals surface area contributed by atoms with E-state index in [4.69, 9.17) is 4.74 Å². The summed E-state index contributed by atoms with van der Waals surface area (Å²) in [6, 6.07) is 9.58. The molecule has 3 nitrogen and oxygen atoms in total. The zero-order chi connectivity index (χ0) is 11.8. The second kappa shape index (κ2) is 7.30. The molecule has 0 saturated carbocycles. The first-order valence-electron chi connectivity index (χ1n) is 5.31. The summed E-state index contributed by atoms with van der Waals surface area (Å²) in [7, 11) is 0. The van der Waals surface area contributed by atoms with E-state index in [0.717, 1.165) is 4.90 Å².